The van der Waals surface area contributed by atoms with Gasteiger partial charge in [0.25, 0.3) is 5.91 Å². The predicted molar refractivity (Wildman–Crippen MR) is 86.3 cm³/mol. The molecule has 2 aromatic rings. The molecule has 2 rings (SSSR count). The van der Waals surface area contributed by atoms with Crippen molar-refractivity contribution in [3.8, 4) is 0 Å². The van der Waals surface area contributed by atoms with Gasteiger partial charge in [-0.1, -0.05) is 23.2 Å². The molecule has 0 radical (unpaired) electrons. The molecule has 0 spiro atoms. The standard InChI is InChI=1S/C16H11Cl2F2NO3/c1-8(15(22)21-14-7-10(19)3-5-13(14)20)24-16(23)11-4-2-9(17)6-12(11)18/h2-8H,1H3,(H,21,22)/t8-/m0/s1. The van der Waals surface area contributed by atoms with Gasteiger partial charge < -0.3 is 10.1 Å². The molecule has 0 unspecified atom stereocenters. The van der Waals surface area contributed by atoms with Crippen LogP contribution in [0.2, 0.25) is 10.0 Å². The fraction of sp³-hybridized carbons (Fsp3) is 0.125. The summed E-state index contributed by atoms with van der Waals surface area (Å²) in [6.07, 6.45) is -1.26. The van der Waals surface area contributed by atoms with Crippen molar-refractivity contribution in [2.45, 2.75) is 13.0 Å². The summed E-state index contributed by atoms with van der Waals surface area (Å²) in [5, 5.41) is 2.55. The van der Waals surface area contributed by atoms with Crippen molar-refractivity contribution in [2.75, 3.05) is 5.32 Å². The average molecular weight is 374 g/mol. The van der Waals surface area contributed by atoms with E-state index in [9.17, 15) is 18.4 Å². The lowest BCUT2D eigenvalue weighted by Gasteiger charge is -2.14. The molecule has 8 heteroatoms. The number of esters is 1. The summed E-state index contributed by atoms with van der Waals surface area (Å²) in [6, 6.07) is 6.75. The highest BCUT2D eigenvalue weighted by atomic mass is 35.5. The van der Waals surface area contributed by atoms with Crippen LogP contribution in [0.5, 0.6) is 0 Å². The molecule has 2 aromatic carbocycles. The predicted octanol–water partition coefficient (Wildman–Crippen LogP) is 4.46. The molecular formula is C16H11Cl2F2NO3. The molecule has 24 heavy (non-hydrogen) atoms. The van der Waals surface area contributed by atoms with Crippen LogP contribution in [0, 0.1) is 11.6 Å². The van der Waals surface area contributed by atoms with Crippen LogP contribution < -0.4 is 5.32 Å². The number of ether oxygens (including phenoxy) is 1. The van der Waals surface area contributed by atoms with Crippen molar-refractivity contribution in [2.24, 2.45) is 0 Å². The maximum absolute atomic E-state index is 13.5. The molecule has 1 atom stereocenters. The van der Waals surface area contributed by atoms with Gasteiger partial charge in [-0.05, 0) is 37.3 Å². The molecule has 0 aliphatic rings. The van der Waals surface area contributed by atoms with Gasteiger partial charge in [0, 0.05) is 11.1 Å². The third-order valence-corrected chi connectivity index (χ3v) is 3.54. The van der Waals surface area contributed by atoms with Gasteiger partial charge in [-0.2, -0.15) is 0 Å². The van der Waals surface area contributed by atoms with Crippen molar-refractivity contribution < 1.29 is 23.1 Å². The van der Waals surface area contributed by atoms with Gasteiger partial charge in [-0.3, -0.25) is 4.79 Å². The van der Waals surface area contributed by atoms with Crippen molar-refractivity contribution in [3.05, 3.63) is 63.6 Å². The van der Waals surface area contributed by atoms with Crippen molar-refractivity contribution >= 4 is 40.8 Å². The second kappa shape index (κ2) is 7.59. The van der Waals surface area contributed by atoms with Crippen molar-refractivity contribution in [1.29, 1.82) is 0 Å². The lowest BCUT2D eigenvalue weighted by Crippen LogP contribution is -2.30. The van der Waals surface area contributed by atoms with Crippen LogP contribution in [0.25, 0.3) is 0 Å². The van der Waals surface area contributed by atoms with Gasteiger partial charge >= 0.3 is 5.97 Å². The van der Waals surface area contributed by atoms with E-state index in [1.54, 1.807) is 0 Å². The topological polar surface area (TPSA) is 55.4 Å². The minimum absolute atomic E-state index is 0.0256. The lowest BCUT2D eigenvalue weighted by molar-refractivity contribution is -0.123. The van der Waals surface area contributed by atoms with Crippen molar-refractivity contribution in [3.63, 3.8) is 0 Å². The molecule has 0 aliphatic heterocycles. The van der Waals surface area contributed by atoms with Gasteiger partial charge in [0.15, 0.2) is 6.10 Å². The van der Waals surface area contributed by atoms with Gasteiger partial charge in [0.1, 0.15) is 11.6 Å². The van der Waals surface area contributed by atoms with E-state index in [2.05, 4.69) is 5.32 Å². The van der Waals surface area contributed by atoms with E-state index in [1.807, 2.05) is 0 Å². The third-order valence-electron chi connectivity index (χ3n) is 2.99. The average Bonchev–Trinajstić information content (AvgIpc) is 2.50. The first-order chi connectivity index (χ1) is 11.3. The van der Waals surface area contributed by atoms with E-state index in [1.165, 1.54) is 25.1 Å². The molecule has 0 fully saturated rings. The monoisotopic (exact) mass is 373 g/mol. The number of amides is 1. The minimum Gasteiger partial charge on any atom is -0.449 e. The number of hydrogen-bond acceptors (Lipinski definition) is 3. The maximum atomic E-state index is 13.5. The number of hydrogen-bond donors (Lipinski definition) is 1. The third kappa shape index (κ3) is 4.43. The van der Waals surface area contributed by atoms with Gasteiger partial charge in [0.05, 0.1) is 16.3 Å². The molecule has 1 N–H and O–H groups in total. The minimum atomic E-state index is -1.26. The summed E-state index contributed by atoms with van der Waals surface area (Å²) in [4.78, 5) is 24.0. The number of rotatable bonds is 4. The first-order valence-electron chi connectivity index (χ1n) is 6.70. The van der Waals surface area contributed by atoms with E-state index in [-0.39, 0.29) is 16.3 Å². The molecule has 0 aliphatic carbocycles. The Bertz CT molecular complexity index is 799. The zero-order chi connectivity index (χ0) is 17.9. The number of nitrogens with one attached hydrogen (secondary N) is 1. The van der Waals surface area contributed by atoms with Gasteiger partial charge in [-0.25, -0.2) is 13.6 Å². The summed E-state index contributed by atoms with van der Waals surface area (Å²) in [5.74, 6) is -3.20. The largest absolute Gasteiger partial charge is 0.449 e. The number of carbonyl (C=O) groups excluding carboxylic acids is 2. The van der Waals surface area contributed by atoms with Crippen LogP contribution in [0.1, 0.15) is 17.3 Å². The molecule has 0 heterocycles. The highest BCUT2D eigenvalue weighted by molar-refractivity contribution is 6.36. The van der Waals surface area contributed by atoms with E-state index >= 15 is 0 Å². The first kappa shape index (κ1) is 18.2. The molecule has 126 valence electrons. The Kier molecular flexibility index (Phi) is 5.75. The summed E-state index contributed by atoms with van der Waals surface area (Å²) >= 11 is 11.6. The Balaban J connectivity index is 2.05. The fourth-order valence-electron chi connectivity index (χ4n) is 1.76. The Labute approximate surface area is 146 Å². The van der Waals surface area contributed by atoms with Crippen molar-refractivity contribution in [1.82, 2.24) is 0 Å². The Morgan fingerprint density at radius 3 is 2.50 bits per heavy atom. The Morgan fingerprint density at radius 2 is 1.83 bits per heavy atom. The summed E-state index contributed by atoms with van der Waals surface area (Å²) < 4.78 is 31.5. The van der Waals surface area contributed by atoms with E-state index in [0.29, 0.717) is 5.02 Å². The van der Waals surface area contributed by atoms with Gasteiger partial charge in [-0.15, -0.1) is 0 Å². The molecular weight excluding hydrogens is 363 g/mol. The van der Waals surface area contributed by atoms with Crippen LogP contribution in [0.15, 0.2) is 36.4 Å². The maximum Gasteiger partial charge on any atom is 0.340 e. The molecule has 1 amide bonds. The molecule has 0 bridgehead atoms. The zero-order valence-corrected chi connectivity index (χ0v) is 13.8. The Morgan fingerprint density at radius 1 is 1.12 bits per heavy atom. The van der Waals surface area contributed by atoms with Gasteiger partial charge in [0.2, 0.25) is 0 Å². The highest BCUT2D eigenvalue weighted by Crippen LogP contribution is 2.22. The number of benzene rings is 2. The lowest BCUT2D eigenvalue weighted by atomic mass is 10.2. The van der Waals surface area contributed by atoms with E-state index in [0.717, 1.165) is 18.2 Å². The number of carbonyl (C=O) groups is 2. The van der Waals surface area contributed by atoms with E-state index in [4.69, 9.17) is 27.9 Å². The quantitative estimate of drug-likeness (QED) is 0.805. The fourth-order valence-corrected chi connectivity index (χ4v) is 2.25. The summed E-state index contributed by atoms with van der Waals surface area (Å²) in [6.45, 7) is 1.29. The normalized spacial score (nSPS) is 11.7. The molecule has 0 saturated carbocycles. The smallest absolute Gasteiger partial charge is 0.340 e. The summed E-state index contributed by atoms with van der Waals surface area (Å²) in [7, 11) is 0. The number of anilines is 1. The zero-order valence-electron chi connectivity index (χ0n) is 12.3. The molecule has 0 saturated heterocycles. The summed E-state index contributed by atoms with van der Waals surface area (Å²) in [5.41, 5.74) is -0.329. The van der Waals surface area contributed by atoms with Crippen LogP contribution in [-0.4, -0.2) is 18.0 Å². The van der Waals surface area contributed by atoms with Crippen LogP contribution >= 0.6 is 23.2 Å². The number of halogens is 4. The Hall–Kier alpha value is -2.18. The second-order valence-electron chi connectivity index (χ2n) is 4.79. The van der Waals surface area contributed by atoms with Crippen LogP contribution in [0.3, 0.4) is 0 Å². The SMILES string of the molecule is C[C@H](OC(=O)c1ccc(Cl)cc1Cl)C(=O)Nc1cc(F)ccc1F. The highest BCUT2D eigenvalue weighted by Gasteiger charge is 2.21. The first-order valence-corrected chi connectivity index (χ1v) is 7.45. The second-order valence-corrected chi connectivity index (χ2v) is 5.63. The van der Waals surface area contributed by atoms with E-state index < -0.39 is 29.6 Å². The molecule has 0 aromatic heterocycles. The van der Waals surface area contributed by atoms with Crippen LogP contribution in [0.4, 0.5) is 14.5 Å². The molecule has 4 nitrogen and oxygen atoms in total. The van der Waals surface area contributed by atoms with Crippen LogP contribution in [-0.2, 0) is 9.53 Å².